The molecule has 0 radical (unpaired) electrons. The molecule has 0 bridgehead atoms. The van der Waals surface area contributed by atoms with Gasteiger partial charge >= 0.3 is 0 Å². The van der Waals surface area contributed by atoms with Crippen LogP contribution in [0.25, 0.3) is 0 Å². The molecule has 0 heterocycles. The van der Waals surface area contributed by atoms with Gasteiger partial charge in [-0.05, 0) is 43.5 Å². The average Bonchev–Trinajstić information content (AvgIpc) is 2.46. The third-order valence-electron chi connectivity index (χ3n) is 3.43. The van der Waals surface area contributed by atoms with Gasteiger partial charge in [-0.2, -0.15) is 0 Å². The van der Waals surface area contributed by atoms with Gasteiger partial charge in [0.1, 0.15) is 0 Å². The lowest BCUT2D eigenvalue weighted by molar-refractivity contribution is 0.0417. The fourth-order valence-electron chi connectivity index (χ4n) is 2.19. The van der Waals surface area contributed by atoms with Crippen molar-refractivity contribution in [1.29, 1.82) is 0 Å². The van der Waals surface area contributed by atoms with Crippen LogP contribution in [0.1, 0.15) is 43.7 Å². The van der Waals surface area contributed by atoms with Crippen LogP contribution in [0.4, 0.5) is 5.69 Å². The molecule has 0 aliphatic carbocycles. The summed E-state index contributed by atoms with van der Waals surface area (Å²) in [7, 11) is 0. The number of aliphatic hydroxyl groups excluding tert-OH is 1. The molecule has 1 aromatic carbocycles. The SMILES string of the molecule is CCCCCCOCC(O)CNc1cc(C)c(Br)c(C)c1. The summed E-state index contributed by atoms with van der Waals surface area (Å²) in [6.07, 6.45) is 4.32. The largest absolute Gasteiger partial charge is 0.389 e. The van der Waals surface area contributed by atoms with Crippen molar-refractivity contribution in [3.8, 4) is 0 Å². The van der Waals surface area contributed by atoms with Crippen LogP contribution in [-0.4, -0.2) is 31.0 Å². The van der Waals surface area contributed by atoms with Crippen LogP contribution in [-0.2, 0) is 4.74 Å². The van der Waals surface area contributed by atoms with Gasteiger partial charge in [0.05, 0.1) is 12.7 Å². The maximum absolute atomic E-state index is 9.91. The predicted molar refractivity (Wildman–Crippen MR) is 93.1 cm³/mol. The molecular weight excluding hydrogens is 330 g/mol. The van der Waals surface area contributed by atoms with Gasteiger partial charge < -0.3 is 15.2 Å². The highest BCUT2D eigenvalue weighted by atomic mass is 79.9. The van der Waals surface area contributed by atoms with Gasteiger partial charge in [0.25, 0.3) is 0 Å². The molecule has 0 amide bonds. The van der Waals surface area contributed by atoms with E-state index >= 15 is 0 Å². The van der Waals surface area contributed by atoms with Gasteiger partial charge in [-0.15, -0.1) is 0 Å². The Kier molecular flexibility index (Phi) is 8.97. The second-order valence-electron chi connectivity index (χ2n) is 5.59. The highest BCUT2D eigenvalue weighted by Gasteiger charge is 2.06. The maximum atomic E-state index is 9.91. The standard InChI is InChI=1S/C17H28BrNO2/c1-4-5-6-7-8-21-12-16(20)11-19-15-9-13(2)17(18)14(3)10-15/h9-10,16,19-20H,4-8,11-12H2,1-3H3. The van der Waals surface area contributed by atoms with Crippen molar-refractivity contribution in [1.82, 2.24) is 0 Å². The topological polar surface area (TPSA) is 41.5 Å². The number of nitrogens with one attached hydrogen (secondary N) is 1. The van der Waals surface area contributed by atoms with E-state index in [4.69, 9.17) is 4.74 Å². The van der Waals surface area contributed by atoms with E-state index in [0.29, 0.717) is 13.2 Å². The number of rotatable bonds is 10. The Hall–Kier alpha value is -0.580. The van der Waals surface area contributed by atoms with Crippen LogP contribution in [0.15, 0.2) is 16.6 Å². The minimum Gasteiger partial charge on any atom is -0.389 e. The summed E-state index contributed by atoms with van der Waals surface area (Å²) >= 11 is 3.56. The molecule has 21 heavy (non-hydrogen) atoms. The van der Waals surface area contributed by atoms with Gasteiger partial charge in [-0.25, -0.2) is 0 Å². The van der Waals surface area contributed by atoms with E-state index in [0.717, 1.165) is 23.2 Å². The van der Waals surface area contributed by atoms with Crippen molar-refractivity contribution in [3.63, 3.8) is 0 Å². The molecule has 1 aromatic rings. The van der Waals surface area contributed by atoms with Crippen LogP contribution in [0.3, 0.4) is 0 Å². The Morgan fingerprint density at radius 2 is 1.86 bits per heavy atom. The zero-order valence-electron chi connectivity index (χ0n) is 13.4. The number of aliphatic hydroxyl groups is 1. The first-order valence-electron chi connectivity index (χ1n) is 7.81. The van der Waals surface area contributed by atoms with Crippen molar-refractivity contribution < 1.29 is 9.84 Å². The van der Waals surface area contributed by atoms with E-state index in [2.05, 4.69) is 54.2 Å². The van der Waals surface area contributed by atoms with E-state index in [-0.39, 0.29) is 0 Å². The Labute approximate surface area is 137 Å². The minimum atomic E-state index is -0.472. The van der Waals surface area contributed by atoms with Crippen LogP contribution in [0, 0.1) is 13.8 Å². The van der Waals surface area contributed by atoms with E-state index < -0.39 is 6.10 Å². The fraction of sp³-hybridized carbons (Fsp3) is 0.647. The number of halogens is 1. The highest BCUT2D eigenvalue weighted by Crippen LogP contribution is 2.24. The number of aryl methyl sites for hydroxylation is 2. The van der Waals surface area contributed by atoms with E-state index in [1.54, 1.807) is 0 Å². The number of ether oxygens (including phenoxy) is 1. The summed E-state index contributed by atoms with van der Waals surface area (Å²) in [6.45, 7) is 7.98. The van der Waals surface area contributed by atoms with Crippen LogP contribution < -0.4 is 5.32 Å². The number of anilines is 1. The predicted octanol–water partition coefficient (Wildman–Crippen LogP) is 4.44. The molecule has 0 aliphatic heterocycles. The van der Waals surface area contributed by atoms with Crippen molar-refractivity contribution in [2.45, 2.75) is 52.6 Å². The monoisotopic (exact) mass is 357 g/mol. The van der Waals surface area contributed by atoms with Crippen LogP contribution in [0.2, 0.25) is 0 Å². The molecule has 3 nitrogen and oxygen atoms in total. The van der Waals surface area contributed by atoms with Gasteiger partial charge in [0.2, 0.25) is 0 Å². The van der Waals surface area contributed by atoms with Gasteiger partial charge in [0, 0.05) is 23.3 Å². The average molecular weight is 358 g/mol. The molecule has 0 spiro atoms. The van der Waals surface area contributed by atoms with Crippen LogP contribution >= 0.6 is 15.9 Å². The van der Waals surface area contributed by atoms with E-state index in [1.165, 1.54) is 30.4 Å². The lowest BCUT2D eigenvalue weighted by Gasteiger charge is -2.15. The summed E-state index contributed by atoms with van der Waals surface area (Å²) < 4.78 is 6.64. The molecule has 0 aliphatic rings. The van der Waals surface area contributed by atoms with E-state index in [1.807, 2.05) is 0 Å². The molecule has 0 fully saturated rings. The van der Waals surface area contributed by atoms with Gasteiger partial charge in [-0.3, -0.25) is 0 Å². The summed E-state index contributed by atoms with van der Waals surface area (Å²) in [4.78, 5) is 0. The second-order valence-corrected chi connectivity index (χ2v) is 6.39. The third-order valence-corrected chi connectivity index (χ3v) is 4.68. The first-order valence-corrected chi connectivity index (χ1v) is 8.60. The normalized spacial score (nSPS) is 12.4. The Bertz CT molecular complexity index is 400. The van der Waals surface area contributed by atoms with Crippen molar-refractivity contribution in [3.05, 3.63) is 27.7 Å². The third kappa shape index (κ3) is 7.30. The second kappa shape index (κ2) is 10.2. The summed E-state index contributed by atoms with van der Waals surface area (Å²) in [5.41, 5.74) is 3.42. The molecular formula is C17H28BrNO2. The lowest BCUT2D eigenvalue weighted by atomic mass is 10.1. The Balaban J connectivity index is 2.22. The molecule has 0 saturated heterocycles. The van der Waals surface area contributed by atoms with E-state index in [9.17, 15) is 5.11 Å². The number of unbranched alkanes of at least 4 members (excludes halogenated alkanes) is 3. The Morgan fingerprint density at radius 1 is 1.19 bits per heavy atom. The molecule has 1 atom stereocenters. The number of hydrogen-bond acceptors (Lipinski definition) is 3. The van der Waals surface area contributed by atoms with Gasteiger partial charge in [0.15, 0.2) is 0 Å². The zero-order chi connectivity index (χ0) is 15.7. The summed E-state index contributed by atoms with van der Waals surface area (Å²) in [5, 5.41) is 13.2. The molecule has 2 N–H and O–H groups in total. The first kappa shape index (κ1) is 18.5. The number of hydrogen-bond donors (Lipinski definition) is 2. The minimum absolute atomic E-state index is 0.396. The van der Waals surface area contributed by atoms with Crippen molar-refractivity contribution in [2.24, 2.45) is 0 Å². The van der Waals surface area contributed by atoms with Gasteiger partial charge in [-0.1, -0.05) is 42.1 Å². The first-order chi connectivity index (χ1) is 10.0. The van der Waals surface area contributed by atoms with Crippen LogP contribution in [0.5, 0.6) is 0 Å². The maximum Gasteiger partial charge on any atom is 0.0945 e. The van der Waals surface area contributed by atoms with Crippen molar-refractivity contribution in [2.75, 3.05) is 25.1 Å². The molecule has 1 rings (SSSR count). The smallest absolute Gasteiger partial charge is 0.0945 e. The fourth-order valence-corrected chi connectivity index (χ4v) is 2.42. The summed E-state index contributed by atoms with van der Waals surface area (Å²) in [6, 6.07) is 4.16. The molecule has 4 heteroatoms. The highest BCUT2D eigenvalue weighted by molar-refractivity contribution is 9.10. The quantitative estimate of drug-likeness (QED) is 0.608. The lowest BCUT2D eigenvalue weighted by Crippen LogP contribution is -2.25. The van der Waals surface area contributed by atoms with Crippen molar-refractivity contribution >= 4 is 21.6 Å². The molecule has 120 valence electrons. The molecule has 1 unspecified atom stereocenters. The zero-order valence-corrected chi connectivity index (χ0v) is 15.0. The Morgan fingerprint density at radius 3 is 2.48 bits per heavy atom. The molecule has 0 aromatic heterocycles. The number of benzene rings is 1. The molecule has 0 saturated carbocycles. The summed E-state index contributed by atoms with van der Waals surface area (Å²) in [5.74, 6) is 0.